The summed E-state index contributed by atoms with van der Waals surface area (Å²) < 4.78 is 6.28. The summed E-state index contributed by atoms with van der Waals surface area (Å²) in [5.74, 6) is 0.879. The van der Waals surface area contributed by atoms with E-state index in [0.717, 1.165) is 34.3 Å². The van der Waals surface area contributed by atoms with E-state index in [1.165, 1.54) is 0 Å². The smallest absolute Gasteiger partial charge is 0.126 e. The maximum atomic E-state index is 5.27. The number of pyridine rings is 1. The molecule has 0 saturated carbocycles. The highest BCUT2D eigenvalue weighted by Gasteiger charge is 2.01. The molecule has 17 heavy (non-hydrogen) atoms. The molecule has 2 aromatic rings. The Morgan fingerprint density at radius 3 is 3.00 bits per heavy atom. The average Bonchev–Trinajstić information content (AvgIpc) is 2.36. The van der Waals surface area contributed by atoms with Crippen LogP contribution in [0.25, 0.3) is 10.9 Å². The summed E-state index contributed by atoms with van der Waals surface area (Å²) in [7, 11) is 0. The van der Waals surface area contributed by atoms with Gasteiger partial charge in [0.1, 0.15) is 5.82 Å². The van der Waals surface area contributed by atoms with Gasteiger partial charge < -0.3 is 10.1 Å². The molecular formula is C13H15BrN2O. The van der Waals surface area contributed by atoms with Crippen LogP contribution in [-0.2, 0) is 4.74 Å². The maximum absolute atomic E-state index is 5.27. The van der Waals surface area contributed by atoms with Crippen LogP contribution >= 0.6 is 15.9 Å². The molecule has 0 amide bonds. The Labute approximate surface area is 109 Å². The quantitative estimate of drug-likeness (QED) is 0.858. The van der Waals surface area contributed by atoms with Gasteiger partial charge in [0.25, 0.3) is 0 Å². The molecule has 0 aliphatic heterocycles. The molecule has 1 N–H and O–H groups in total. The Balaban J connectivity index is 2.11. The standard InChI is InChI=1S/C13H15BrN2O/c1-2-17-9-8-15-12-7-6-10-4-3-5-11(14)13(10)16-12/h3-7H,2,8-9H2,1H3,(H,15,16). The average molecular weight is 295 g/mol. The van der Waals surface area contributed by atoms with Gasteiger partial charge in [-0.2, -0.15) is 0 Å². The van der Waals surface area contributed by atoms with Crippen LogP contribution in [0, 0.1) is 0 Å². The number of nitrogens with zero attached hydrogens (tertiary/aromatic N) is 1. The van der Waals surface area contributed by atoms with Gasteiger partial charge >= 0.3 is 0 Å². The largest absolute Gasteiger partial charge is 0.380 e. The number of fused-ring (bicyclic) bond motifs is 1. The summed E-state index contributed by atoms with van der Waals surface area (Å²) in [6, 6.07) is 10.1. The summed E-state index contributed by atoms with van der Waals surface area (Å²) in [5.41, 5.74) is 0.980. The lowest BCUT2D eigenvalue weighted by Gasteiger charge is -2.07. The predicted molar refractivity (Wildman–Crippen MR) is 74.4 cm³/mol. The maximum Gasteiger partial charge on any atom is 0.126 e. The van der Waals surface area contributed by atoms with E-state index in [4.69, 9.17) is 4.74 Å². The highest BCUT2D eigenvalue weighted by atomic mass is 79.9. The first-order valence-corrected chi connectivity index (χ1v) is 6.47. The number of benzene rings is 1. The molecule has 2 rings (SSSR count). The van der Waals surface area contributed by atoms with E-state index < -0.39 is 0 Å². The first-order valence-electron chi connectivity index (χ1n) is 5.68. The van der Waals surface area contributed by atoms with Crippen LogP contribution in [0.15, 0.2) is 34.8 Å². The Morgan fingerprint density at radius 1 is 1.29 bits per heavy atom. The zero-order valence-corrected chi connectivity index (χ0v) is 11.3. The van der Waals surface area contributed by atoms with Gasteiger partial charge in [-0.15, -0.1) is 0 Å². The first-order chi connectivity index (χ1) is 8.31. The fourth-order valence-electron chi connectivity index (χ4n) is 1.60. The minimum absolute atomic E-state index is 0.701. The fraction of sp³-hybridized carbons (Fsp3) is 0.308. The van der Waals surface area contributed by atoms with Crippen molar-refractivity contribution < 1.29 is 4.74 Å². The molecule has 1 aromatic heterocycles. The van der Waals surface area contributed by atoms with Crippen molar-refractivity contribution in [3.8, 4) is 0 Å². The molecule has 4 heteroatoms. The Bertz CT molecular complexity index is 502. The van der Waals surface area contributed by atoms with Crippen molar-refractivity contribution in [1.29, 1.82) is 0 Å². The summed E-state index contributed by atoms with van der Waals surface area (Å²) in [6.07, 6.45) is 0. The second-order valence-corrected chi connectivity index (χ2v) is 4.49. The number of aromatic nitrogens is 1. The molecule has 1 aromatic carbocycles. The minimum Gasteiger partial charge on any atom is -0.380 e. The van der Waals surface area contributed by atoms with E-state index in [1.54, 1.807) is 0 Å². The third-order valence-corrected chi connectivity index (χ3v) is 3.07. The topological polar surface area (TPSA) is 34.1 Å². The second-order valence-electron chi connectivity index (χ2n) is 3.63. The van der Waals surface area contributed by atoms with Crippen molar-refractivity contribution in [2.45, 2.75) is 6.92 Å². The molecule has 0 saturated heterocycles. The van der Waals surface area contributed by atoms with Crippen molar-refractivity contribution in [1.82, 2.24) is 4.98 Å². The van der Waals surface area contributed by atoms with Gasteiger partial charge in [0, 0.05) is 23.0 Å². The number of nitrogens with one attached hydrogen (secondary N) is 1. The molecule has 0 radical (unpaired) electrons. The second kappa shape index (κ2) is 5.98. The van der Waals surface area contributed by atoms with Crippen LogP contribution in [0.5, 0.6) is 0 Å². The molecule has 0 fully saturated rings. The van der Waals surface area contributed by atoms with Gasteiger partial charge in [-0.3, -0.25) is 0 Å². The molecule has 1 heterocycles. The van der Waals surface area contributed by atoms with E-state index in [0.29, 0.717) is 6.61 Å². The van der Waals surface area contributed by atoms with E-state index in [9.17, 15) is 0 Å². The highest BCUT2D eigenvalue weighted by molar-refractivity contribution is 9.10. The van der Waals surface area contributed by atoms with Crippen LogP contribution in [-0.4, -0.2) is 24.7 Å². The van der Waals surface area contributed by atoms with Crippen molar-refractivity contribution in [2.75, 3.05) is 25.1 Å². The van der Waals surface area contributed by atoms with E-state index in [1.807, 2.05) is 25.1 Å². The molecule has 3 nitrogen and oxygen atoms in total. The van der Waals surface area contributed by atoms with Crippen LogP contribution < -0.4 is 5.32 Å². The third kappa shape index (κ3) is 3.17. The molecule has 0 atom stereocenters. The Kier molecular flexibility index (Phi) is 4.34. The molecule has 90 valence electrons. The van der Waals surface area contributed by atoms with E-state index in [2.05, 4.69) is 38.4 Å². The van der Waals surface area contributed by atoms with Crippen molar-refractivity contribution >= 4 is 32.7 Å². The lowest BCUT2D eigenvalue weighted by atomic mass is 10.2. The first kappa shape index (κ1) is 12.3. The zero-order valence-electron chi connectivity index (χ0n) is 9.74. The van der Waals surface area contributed by atoms with Crippen LogP contribution in [0.3, 0.4) is 0 Å². The lowest BCUT2D eigenvalue weighted by Crippen LogP contribution is -2.10. The number of rotatable bonds is 5. The van der Waals surface area contributed by atoms with E-state index in [-0.39, 0.29) is 0 Å². The van der Waals surface area contributed by atoms with Crippen molar-refractivity contribution in [2.24, 2.45) is 0 Å². The van der Waals surface area contributed by atoms with Crippen molar-refractivity contribution in [3.63, 3.8) is 0 Å². The van der Waals surface area contributed by atoms with Gasteiger partial charge in [-0.1, -0.05) is 12.1 Å². The van der Waals surface area contributed by atoms with Gasteiger partial charge in [-0.25, -0.2) is 4.98 Å². The fourth-order valence-corrected chi connectivity index (χ4v) is 2.08. The summed E-state index contributed by atoms with van der Waals surface area (Å²) >= 11 is 3.51. The lowest BCUT2D eigenvalue weighted by molar-refractivity contribution is 0.158. The minimum atomic E-state index is 0.701. The van der Waals surface area contributed by atoms with Crippen LogP contribution in [0.1, 0.15) is 6.92 Å². The normalized spacial score (nSPS) is 10.7. The number of hydrogen-bond donors (Lipinski definition) is 1. The molecule has 0 aliphatic carbocycles. The number of halogens is 1. The predicted octanol–water partition coefficient (Wildman–Crippen LogP) is 3.45. The van der Waals surface area contributed by atoms with Crippen LogP contribution in [0.4, 0.5) is 5.82 Å². The number of ether oxygens (including phenoxy) is 1. The van der Waals surface area contributed by atoms with Gasteiger partial charge in [0.2, 0.25) is 0 Å². The third-order valence-electron chi connectivity index (χ3n) is 2.43. The Hall–Kier alpha value is -1.13. The summed E-state index contributed by atoms with van der Waals surface area (Å²) in [6.45, 7) is 4.22. The monoisotopic (exact) mass is 294 g/mol. The number of anilines is 1. The number of para-hydroxylation sites is 1. The molecule has 0 aliphatic rings. The highest BCUT2D eigenvalue weighted by Crippen LogP contribution is 2.23. The summed E-state index contributed by atoms with van der Waals surface area (Å²) in [5, 5.41) is 4.38. The van der Waals surface area contributed by atoms with E-state index >= 15 is 0 Å². The molecule has 0 unspecified atom stereocenters. The van der Waals surface area contributed by atoms with Gasteiger partial charge in [-0.05, 0) is 41.1 Å². The zero-order chi connectivity index (χ0) is 12.1. The molecular weight excluding hydrogens is 280 g/mol. The summed E-state index contributed by atoms with van der Waals surface area (Å²) in [4.78, 5) is 4.56. The van der Waals surface area contributed by atoms with Gasteiger partial charge in [0.15, 0.2) is 0 Å². The van der Waals surface area contributed by atoms with Crippen LogP contribution in [0.2, 0.25) is 0 Å². The Morgan fingerprint density at radius 2 is 2.18 bits per heavy atom. The van der Waals surface area contributed by atoms with Crippen molar-refractivity contribution in [3.05, 3.63) is 34.8 Å². The molecule has 0 spiro atoms. The van der Waals surface area contributed by atoms with Gasteiger partial charge in [0.05, 0.1) is 12.1 Å². The SMILES string of the molecule is CCOCCNc1ccc2cccc(Br)c2n1. The number of hydrogen-bond acceptors (Lipinski definition) is 3. The molecule has 0 bridgehead atoms.